The predicted molar refractivity (Wildman–Crippen MR) is 90.1 cm³/mol. The van der Waals surface area contributed by atoms with Crippen LogP contribution in [0.3, 0.4) is 0 Å². The highest BCUT2D eigenvalue weighted by atomic mass is 35.5. The first-order valence-electron chi connectivity index (χ1n) is 8.16. The van der Waals surface area contributed by atoms with Crippen LogP contribution in [0.2, 0.25) is 5.02 Å². The van der Waals surface area contributed by atoms with Crippen molar-refractivity contribution in [1.29, 1.82) is 0 Å². The molecule has 2 amide bonds. The molecule has 10 heteroatoms. The minimum Gasteiger partial charge on any atom is -0.341 e. The highest BCUT2D eigenvalue weighted by molar-refractivity contribution is 6.34. The lowest BCUT2D eigenvalue weighted by atomic mass is 10.3. The summed E-state index contributed by atoms with van der Waals surface area (Å²) in [4.78, 5) is 28.5. The summed E-state index contributed by atoms with van der Waals surface area (Å²) < 4.78 is 1.77. The Hall–Kier alpha value is -2.42. The van der Waals surface area contributed by atoms with Crippen molar-refractivity contribution in [2.24, 2.45) is 0 Å². The fraction of sp³-hybridized carbons (Fsp3) is 0.533. The number of H-pyrrole nitrogens is 1. The van der Waals surface area contributed by atoms with Gasteiger partial charge < -0.3 is 14.4 Å². The molecule has 134 valence electrons. The van der Waals surface area contributed by atoms with Crippen LogP contribution in [0, 0.1) is 6.92 Å². The summed E-state index contributed by atoms with van der Waals surface area (Å²) >= 11 is 6.11. The molecule has 25 heavy (non-hydrogen) atoms. The van der Waals surface area contributed by atoms with Crippen LogP contribution in [0.4, 0.5) is 0 Å². The Kier molecular flexibility index (Phi) is 5.32. The van der Waals surface area contributed by atoms with E-state index in [4.69, 9.17) is 11.6 Å². The molecule has 3 rings (SSSR count). The summed E-state index contributed by atoms with van der Waals surface area (Å²) in [5.41, 5.74) is 0.914. The van der Waals surface area contributed by atoms with E-state index in [0.29, 0.717) is 49.9 Å². The van der Waals surface area contributed by atoms with Gasteiger partial charge in [-0.1, -0.05) is 11.6 Å². The zero-order valence-corrected chi connectivity index (χ0v) is 14.7. The molecule has 0 aromatic carbocycles. The maximum atomic E-state index is 12.6. The third-order valence-corrected chi connectivity index (χ3v) is 4.72. The normalized spacial score (nSPS) is 15.3. The van der Waals surface area contributed by atoms with Crippen LogP contribution in [0.25, 0.3) is 0 Å². The molecule has 0 bridgehead atoms. The van der Waals surface area contributed by atoms with Crippen molar-refractivity contribution in [1.82, 2.24) is 34.8 Å². The second-order valence-electron chi connectivity index (χ2n) is 5.99. The van der Waals surface area contributed by atoms with Gasteiger partial charge in [0.25, 0.3) is 5.91 Å². The lowest BCUT2D eigenvalue weighted by molar-refractivity contribution is -0.131. The van der Waals surface area contributed by atoms with Crippen LogP contribution in [-0.4, -0.2) is 72.8 Å². The van der Waals surface area contributed by atoms with Gasteiger partial charge in [0.15, 0.2) is 5.69 Å². The van der Waals surface area contributed by atoms with Crippen LogP contribution in [0.1, 0.15) is 29.0 Å². The molecule has 0 saturated carbocycles. The number of carbonyl (C=O) groups is 2. The van der Waals surface area contributed by atoms with Crippen molar-refractivity contribution in [2.75, 3.05) is 26.2 Å². The van der Waals surface area contributed by atoms with E-state index >= 15 is 0 Å². The molecule has 2 aromatic heterocycles. The summed E-state index contributed by atoms with van der Waals surface area (Å²) in [5, 5.41) is 14.5. The van der Waals surface area contributed by atoms with Crippen LogP contribution in [0.5, 0.6) is 0 Å². The van der Waals surface area contributed by atoms with E-state index in [0.717, 1.165) is 6.42 Å². The van der Waals surface area contributed by atoms with Crippen LogP contribution in [0.15, 0.2) is 12.7 Å². The number of carbonyl (C=O) groups excluding carboxylic acids is 2. The van der Waals surface area contributed by atoms with Gasteiger partial charge in [-0.15, -0.1) is 10.2 Å². The van der Waals surface area contributed by atoms with Crippen molar-refractivity contribution in [2.45, 2.75) is 26.3 Å². The van der Waals surface area contributed by atoms with Gasteiger partial charge in [-0.05, 0) is 13.3 Å². The van der Waals surface area contributed by atoms with Gasteiger partial charge in [-0.25, -0.2) is 0 Å². The molecule has 1 saturated heterocycles. The first-order valence-corrected chi connectivity index (χ1v) is 8.54. The number of aromatic amines is 1. The highest BCUT2D eigenvalue weighted by Gasteiger charge is 2.26. The lowest BCUT2D eigenvalue weighted by Gasteiger charge is -2.22. The monoisotopic (exact) mass is 365 g/mol. The van der Waals surface area contributed by atoms with E-state index in [1.807, 2.05) is 0 Å². The molecule has 1 fully saturated rings. The largest absolute Gasteiger partial charge is 0.341 e. The van der Waals surface area contributed by atoms with Crippen molar-refractivity contribution in [3.05, 3.63) is 29.1 Å². The molecule has 0 radical (unpaired) electrons. The number of nitrogens with one attached hydrogen (secondary N) is 1. The number of halogens is 1. The maximum absolute atomic E-state index is 12.6. The molecule has 1 aliphatic rings. The van der Waals surface area contributed by atoms with Crippen LogP contribution >= 0.6 is 11.6 Å². The average molecular weight is 366 g/mol. The Labute approximate surface area is 150 Å². The van der Waals surface area contributed by atoms with E-state index in [2.05, 4.69) is 20.4 Å². The fourth-order valence-electron chi connectivity index (χ4n) is 2.80. The maximum Gasteiger partial charge on any atom is 0.275 e. The topological polar surface area (TPSA) is 100 Å². The minimum absolute atomic E-state index is 0.0663. The Bertz CT molecular complexity index is 743. The number of aromatic nitrogens is 5. The lowest BCUT2D eigenvalue weighted by Crippen LogP contribution is -2.37. The van der Waals surface area contributed by atoms with Gasteiger partial charge in [0.05, 0.1) is 10.7 Å². The molecule has 0 aliphatic carbocycles. The van der Waals surface area contributed by atoms with Gasteiger partial charge in [0, 0.05) is 39.1 Å². The summed E-state index contributed by atoms with van der Waals surface area (Å²) in [6.07, 6.45) is 4.29. The van der Waals surface area contributed by atoms with E-state index < -0.39 is 0 Å². The number of nitrogens with zero attached hydrogens (tertiary/aromatic N) is 6. The van der Waals surface area contributed by atoms with Crippen molar-refractivity contribution in [3.8, 4) is 0 Å². The first-order chi connectivity index (χ1) is 12.1. The first kappa shape index (κ1) is 17.4. The Morgan fingerprint density at radius 1 is 1.16 bits per heavy atom. The number of rotatable bonds is 4. The fourth-order valence-corrected chi connectivity index (χ4v) is 2.96. The third-order valence-electron chi connectivity index (χ3n) is 4.26. The van der Waals surface area contributed by atoms with Gasteiger partial charge >= 0.3 is 0 Å². The smallest absolute Gasteiger partial charge is 0.275 e. The molecule has 9 nitrogen and oxygen atoms in total. The van der Waals surface area contributed by atoms with Crippen LogP contribution in [-0.2, 0) is 11.3 Å². The second-order valence-corrected chi connectivity index (χ2v) is 6.37. The summed E-state index contributed by atoms with van der Waals surface area (Å²) in [6, 6.07) is 0. The van der Waals surface area contributed by atoms with Crippen LogP contribution < -0.4 is 0 Å². The van der Waals surface area contributed by atoms with E-state index in [1.54, 1.807) is 33.9 Å². The molecule has 1 aliphatic heterocycles. The zero-order chi connectivity index (χ0) is 17.8. The third kappa shape index (κ3) is 3.98. The molecule has 0 atom stereocenters. The summed E-state index contributed by atoms with van der Waals surface area (Å²) in [5.74, 6) is -0.134. The number of hydrogen-bond acceptors (Lipinski definition) is 5. The van der Waals surface area contributed by atoms with E-state index in [9.17, 15) is 9.59 Å². The molecule has 0 unspecified atom stereocenters. The SMILES string of the molecule is Cc1[nH]nc(C(=O)N2CCCN(C(=O)CCn3cnnc3)CC2)c1Cl. The number of hydrogen-bond donors (Lipinski definition) is 1. The molecular weight excluding hydrogens is 346 g/mol. The summed E-state index contributed by atoms with van der Waals surface area (Å²) in [7, 11) is 0. The molecular formula is C15H20ClN7O2. The standard InChI is InChI=1S/C15H20ClN7O2/c1-11-13(16)14(20-19-11)15(25)23-5-2-4-22(7-8-23)12(24)3-6-21-9-17-18-10-21/h9-10H,2-8H2,1H3,(H,19,20). The predicted octanol–water partition coefficient (Wildman–Crippen LogP) is 0.728. The number of aryl methyl sites for hydroxylation is 2. The van der Waals surface area contributed by atoms with Gasteiger partial charge in [-0.3, -0.25) is 14.7 Å². The van der Waals surface area contributed by atoms with Crippen molar-refractivity contribution < 1.29 is 9.59 Å². The molecule has 2 aromatic rings. The Morgan fingerprint density at radius 3 is 2.52 bits per heavy atom. The minimum atomic E-state index is -0.201. The molecule has 1 N–H and O–H groups in total. The van der Waals surface area contributed by atoms with Crippen molar-refractivity contribution in [3.63, 3.8) is 0 Å². The second kappa shape index (κ2) is 7.64. The zero-order valence-electron chi connectivity index (χ0n) is 14.0. The Balaban J connectivity index is 1.55. The van der Waals surface area contributed by atoms with Gasteiger partial charge in [0.2, 0.25) is 5.91 Å². The highest BCUT2D eigenvalue weighted by Crippen LogP contribution is 2.19. The summed E-state index contributed by atoms with van der Waals surface area (Å²) in [6.45, 7) is 4.51. The molecule has 3 heterocycles. The van der Waals surface area contributed by atoms with Gasteiger partial charge in [-0.2, -0.15) is 5.10 Å². The Morgan fingerprint density at radius 2 is 1.84 bits per heavy atom. The van der Waals surface area contributed by atoms with E-state index in [-0.39, 0.29) is 17.5 Å². The quantitative estimate of drug-likeness (QED) is 0.860. The van der Waals surface area contributed by atoms with Gasteiger partial charge in [0.1, 0.15) is 12.7 Å². The average Bonchev–Trinajstić information content (AvgIpc) is 3.16. The van der Waals surface area contributed by atoms with E-state index in [1.165, 1.54) is 0 Å². The number of amides is 2. The molecule has 0 spiro atoms. The van der Waals surface area contributed by atoms with Crippen molar-refractivity contribution >= 4 is 23.4 Å².